The number of nitrogens with one attached hydrogen (secondary N) is 1. The van der Waals surface area contributed by atoms with Crippen LogP contribution in [0.4, 0.5) is 0 Å². The van der Waals surface area contributed by atoms with E-state index in [4.69, 9.17) is 4.74 Å². The van der Waals surface area contributed by atoms with Gasteiger partial charge in [0.05, 0.1) is 13.2 Å². The van der Waals surface area contributed by atoms with Gasteiger partial charge in [-0.3, -0.25) is 4.79 Å². The summed E-state index contributed by atoms with van der Waals surface area (Å²) in [5.74, 6) is 0.470. The first-order valence-electron chi connectivity index (χ1n) is 7.34. The zero-order valence-corrected chi connectivity index (χ0v) is 14.6. The lowest BCUT2D eigenvalue weighted by Gasteiger charge is -2.20. The molecule has 128 valence electrons. The maximum absolute atomic E-state index is 12.4. The second-order valence-electron chi connectivity index (χ2n) is 5.79. The molecule has 0 unspecified atom stereocenters. The van der Waals surface area contributed by atoms with Gasteiger partial charge in [-0.25, -0.2) is 0 Å². The van der Waals surface area contributed by atoms with Crippen LogP contribution in [0.2, 0.25) is 0 Å². The molecule has 0 aromatic heterocycles. The first-order valence-corrected chi connectivity index (χ1v) is 8.74. The molecule has 8 heteroatoms. The Morgan fingerprint density at radius 1 is 1.26 bits per heavy atom. The average molecular weight is 341 g/mol. The summed E-state index contributed by atoms with van der Waals surface area (Å²) in [6.45, 7) is 2.03. The summed E-state index contributed by atoms with van der Waals surface area (Å²) in [6.07, 6.45) is 0. The summed E-state index contributed by atoms with van der Waals surface area (Å²) in [6, 6.07) is 7.23. The number of benzene rings is 1. The smallest absolute Gasteiger partial charge is 0.281 e. The standard InChI is InChI=1S/C15H23N3O4S/c1-11(19)16-15-10-18(23(20,21)17(2)3)9-14(15)12-5-7-13(22-4)8-6-12/h5-8,14-15H,9-10H2,1-4H3,(H,16,19)/t14-,15+/m1/s1. The van der Waals surface area contributed by atoms with Gasteiger partial charge in [-0.05, 0) is 17.7 Å². The van der Waals surface area contributed by atoms with Gasteiger partial charge in [0.2, 0.25) is 5.91 Å². The number of nitrogens with zero attached hydrogens (tertiary/aromatic N) is 2. The lowest BCUT2D eigenvalue weighted by atomic mass is 9.94. The van der Waals surface area contributed by atoms with Crippen molar-refractivity contribution in [1.82, 2.24) is 13.9 Å². The maximum atomic E-state index is 12.4. The van der Waals surface area contributed by atoms with E-state index in [2.05, 4.69) is 5.32 Å². The van der Waals surface area contributed by atoms with Crippen LogP contribution >= 0.6 is 0 Å². The molecule has 0 radical (unpaired) electrons. The van der Waals surface area contributed by atoms with Crippen molar-refractivity contribution >= 4 is 16.1 Å². The Labute approximate surface area is 137 Å². The molecule has 23 heavy (non-hydrogen) atoms. The Morgan fingerprint density at radius 3 is 2.35 bits per heavy atom. The highest BCUT2D eigenvalue weighted by Gasteiger charge is 2.40. The lowest BCUT2D eigenvalue weighted by molar-refractivity contribution is -0.119. The van der Waals surface area contributed by atoms with Crippen molar-refractivity contribution in [2.75, 3.05) is 34.3 Å². The number of methoxy groups -OCH3 is 1. The molecule has 2 rings (SSSR count). The third-order valence-electron chi connectivity index (χ3n) is 4.01. The maximum Gasteiger partial charge on any atom is 0.281 e. The molecular weight excluding hydrogens is 318 g/mol. The molecule has 1 saturated heterocycles. The number of hydrogen-bond acceptors (Lipinski definition) is 4. The van der Waals surface area contributed by atoms with Crippen LogP contribution in [0.5, 0.6) is 5.75 Å². The largest absolute Gasteiger partial charge is 0.497 e. The number of rotatable bonds is 5. The molecule has 7 nitrogen and oxygen atoms in total. The van der Waals surface area contributed by atoms with E-state index < -0.39 is 10.2 Å². The van der Waals surface area contributed by atoms with Gasteiger partial charge in [0.1, 0.15) is 5.75 Å². The first kappa shape index (κ1) is 17.7. The van der Waals surface area contributed by atoms with Gasteiger partial charge in [-0.15, -0.1) is 0 Å². The monoisotopic (exact) mass is 341 g/mol. The third-order valence-corrected chi connectivity index (χ3v) is 5.88. The van der Waals surface area contributed by atoms with Crippen LogP contribution in [-0.2, 0) is 15.0 Å². The summed E-state index contributed by atoms with van der Waals surface area (Å²) in [7, 11) is 1.09. The molecule has 0 spiro atoms. The second-order valence-corrected chi connectivity index (χ2v) is 7.94. The van der Waals surface area contributed by atoms with E-state index in [1.54, 1.807) is 7.11 Å². The SMILES string of the molecule is COc1ccc([C@H]2CN(S(=O)(=O)N(C)C)C[C@@H]2NC(C)=O)cc1. The Bertz CT molecular complexity index is 658. The molecule has 1 aliphatic heterocycles. The molecule has 1 N–H and O–H groups in total. The fraction of sp³-hybridized carbons (Fsp3) is 0.533. The Balaban J connectivity index is 2.29. The molecular formula is C15H23N3O4S. The summed E-state index contributed by atoms with van der Waals surface area (Å²) in [5.41, 5.74) is 0.973. The molecule has 2 atom stereocenters. The fourth-order valence-electron chi connectivity index (χ4n) is 2.78. The van der Waals surface area contributed by atoms with Crippen molar-refractivity contribution in [3.05, 3.63) is 29.8 Å². The molecule has 0 aliphatic carbocycles. The van der Waals surface area contributed by atoms with Crippen LogP contribution < -0.4 is 10.1 Å². The Hall–Kier alpha value is -1.64. The minimum Gasteiger partial charge on any atom is -0.497 e. The van der Waals surface area contributed by atoms with Crippen LogP contribution in [0.1, 0.15) is 18.4 Å². The number of ether oxygens (including phenoxy) is 1. The van der Waals surface area contributed by atoms with Gasteiger partial charge in [-0.2, -0.15) is 17.0 Å². The van der Waals surface area contributed by atoms with E-state index in [0.717, 1.165) is 11.3 Å². The number of carbonyl (C=O) groups is 1. The number of carbonyl (C=O) groups excluding carboxylic acids is 1. The second kappa shape index (κ2) is 6.86. The van der Waals surface area contributed by atoms with E-state index in [1.807, 2.05) is 24.3 Å². The Morgan fingerprint density at radius 2 is 1.87 bits per heavy atom. The molecule has 0 bridgehead atoms. The fourth-order valence-corrected chi connectivity index (χ4v) is 3.94. The average Bonchev–Trinajstić information content (AvgIpc) is 2.91. The molecule has 1 heterocycles. The summed E-state index contributed by atoms with van der Waals surface area (Å²) in [4.78, 5) is 11.5. The van der Waals surface area contributed by atoms with Crippen LogP contribution in [0.25, 0.3) is 0 Å². The van der Waals surface area contributed by atoms with E-state index >= 15 is 0 Å². The van der Waals surface area contributed by atoms with Gasteiger partial charge in [0, 0.05) is 40.0 Å². The minimum atomic E-state index is -3.51. The highest BCUT2D eigenvalue weighted by Crippen LogP contribution is 2.31. The van der Waals surface area contributed by atoms with Crippen molar-refractivity contribution in [3.8, 4) is 5.75 Å². The zero-order valence-electron chi connectivity index (χ0n) is 13.8. The number of amides is 1. The van der Waals surface area contributed by atoms with Crippen molar-refractivity contribution in [2.45, 2.75) is 18.9 Å². The predicted octanol–water partition coefficient (Wildman–Crippen LogP) is 0.406. The third kappa shape index (κ3) is 3.82. The molecule has 1 aliphatic rings. The topological polar surface area (TPSA) is 79.0 Å². The molecule has 1 aromatic rings. The predicted molar refractivity (Wildman–Crippen MR) is 87.5 cm³/mol. The van der Waals surface area contributed by atoms with Crippen molar-refractivity contribution in [2.24, 2.45) is 0 Å². The highest BCUT2D eigenvalue weighted by atomic mass is 32.2. The highest BCUT2D eigenvalue weighted by molar-refractivity contribution is 7.86. The van der Waals surface area contributed by atoms with Crippen LogP contribution in [0, 0.1) is 0 Å². The summed E-state index contributed by atoms with van der Waals surface area (Å²) in [5, 5.41) is 2.87. The van der Waals surface area contributed by atoms with E-state index in [1.165, 1.54) is 29.6 Å². The molecule has 1 aromatic carbocycles. The van der Waals surface area contributed by atoms with Crippen LogP contribution in [-0.4, -0.2) is 63.3 Å². The quantitative estimate of drug-likeness (QED) is 0.841. The van der Waals surface area contributed by atoms with Crippen molar-refractivity contribution in [3.63, 3.8) is 0 Å². The van der Waals surface area contributed by atoms with Gasteiger partial charge in [0.25, 0.3) is 10.2 Å². The zero-order chi connectivity index (χ0) is 17.2. The summed E-state index contributed by atoms with van der Waals surface area (Å²) < 4.78 is 32.5. The van der Waals surface area contributed by atoms with Gasteiger partial charge in [0.15, 0.2) is 0 Å². The van der Waals surface area contributed by atoms with Crippen LogP contribution in [0.15, 0.2) is 24.3 Å². The van der Waals surface area contributed by atoms with E-state index in [-0.39, 0.29) is 24.4 Å². The molecule has 1 fully saturated rings. The first-order chi connectivity index (χ1) is 10.8. The van der Waals surface area contributed by atoms with Crippen LogP contribution in [0.3, 0.4) is 0 Å². The van der Waals surface area contributed by atoms with E-state index in [9.17, 15) is 13.2 Å². The summed E-state index contributed by atoms with van der Waals surface area (Å²) >= 11 is 0. The van der Waals surface area contributed by atoms with Crippen molar-refractivity contribution < 1.29 is 17.9 Å². The van der Waals surface area contributed by atoms with Gasteiger partial charge < -0.3 is 10.1 Å². The molecule has 1 amide bonds. The molecule has 0 saturated carbocycles. The minimum absolute atomic E-state index is 0.0977. The van der Waals surface area contributed by atoms with Crippen molar-refractivity contribution in [1.29, 1.82) is 0 Å². The number of hydrogen-bond donors (Lipinski definition) is 1. The normalized spacial score (nSPS) is 22.3. The van der Waals surface area contributed by atoms with E-state index in [0.29, 0.717) is 6.54 Å². The Kier molecular flexibility index (Phi) is 5.28. The van der Waals surface area contributed by atoms with Gasteiger partial charge >= 0.3 is 0 Å². The lowest BCUT2D eigenvalue weighted by Crippen LogP contribution is -2.42. The van der Waals surface area contributed by atoms with Gasteiger partial charge in [-0.1, -0.05) is 12.1 Å².